The first-order valence-corrected chi connectivity index (χ1v) is 9.06. The summed E-state index contributed by atoms with van der Waals surface area (Å²) in [5.74, 6) is 3.33. The van der Waals surface area contributed by atoms with Gasteiger partial charge in [0.25, 0.3) is 0 Å². The van der Waals surface area contributed by atoms with Gasteiger partial charge in [-0.1, -0.05) is 41.9 Å². The van der Waals surface area contributed by atoms with E-state index in [1.807, 2.05) is 0 Å². The fraction of sp³-hybridized carbons (Fsp3) is 0.429. The maximum Gasteiger partial charge on any atom is 0.0412 e. The second kappa shape index (κ2) is 4.86. The van der Waals surface area contributed by atoms with Crippen LogP contribution in [0.2, 0.25) is 5.02 Å². The van der Waals surface area contributed by atoms with E-state index in [4.69, 9.17) is 11.6 Å². The summed E-state index contributed by atoms with van der Waals surface area (Å²) in [5.41, 5.74) is 5.98. The third-order valence-electron chi connectivity index (χ3n) is 6.40. The van der Waals surface area contributed by atoms with E-state index in [0.717, 1.165) is 28.7 Å². The van der Waals surface area contributed by atoms with Crippen LogP contribution in [0.5, 0.6) is 0 Å². The van der Waals surface area contributed by atoms with Crippen molar-refractivity contribution >= 4 is 11.6 Å². The molecule has 2 aromatic rings. The molecule has 4 aliphatic carbocycles. The SMILES string of the molecule is Clc1ccc2c(c1)-c1ccccc1C1CC3CC2CCC1C3. The van der Waals surface area contributed by atoms with Gasteiger partial charge in [-0.05, 0) is 90.2 Å². The summed E-state index contributed by atoms with van der Waals surface area (Å²) in [7, 11) is 0. The molecule has 0 aromatic heterocycles. The summed E-state index contributed by atoms with van der Waals surface area (Å²) in [6.45, 7) is 0. The largest absolute Gasteiger partial charge is 0.0843 e. The summed E-state index contributed by atoms with van der Waals surface area (Å²) in [5, 5.41) is 0.868. The Labute approximate surface area is 137 Å². The Balaban J connectivity index is 1.83. The zero-order chi connectivity index (χ0) is 14.7. The van der Waals surface area contributed by atoms with Crippen LogP contribution in [0.1, 0.15) is 55.1 Å². The highest BCUT2D eigenvalue weighted by Crippen LogP contribution is 2.56. The van der Waals surface area contributed by atoms with Gasteiger partial charge in [-0.15, -0.1) is 0 Å². The molecule has 0 amide bonds. The van der Waals surface area contributed by atoms with Gasteiger partial charge in [0.1, 0.15) is 0 Å². The van der Waals surface area contributed by atoms with Crippen LogP contribution in [-0.4, -0.2) is 0 Å². The van der Waals surface area contributed by atoms with E-state index >= 15 is 0 Å². The molecule has 112 valence electrons. The lowest BCUT2D eigenvalue weighted by Crippen LogP contribution is -2.08. The Bertz CT molecular complexity index is 732. The fourth-order valence-corrected chi connectivity index (χ4v) is 5.71. The van der Waals surface area contributed by atoms with Gasteiger partial charge in [-0.3, -0.25) is 0 Å². The highest BCUT2D eigenvalue weighted by Gasteiger charge is 2.41. The molecule has 4 unspecified atom stereocenters. The molecule has 0 nitrogen and oxygen atoms in total. The van der Waals surface area contributed by atoms with Crippen molar-refractivity contribution in [2.75, 3.05) is 0 Å². The molecule has 2 fully saturated rings. The predicted molar refractivity (Wildman–Crippen MR) is 92.4 cm³/mol. The molecule has 0 radical (unpaired) electrons. The van der Waals surface area contributed by atoms with Gasteiger partial charge in [0.2, 0.25) is 0 Å². The summed E-state index contributed by atoms with van der Waals surface area (Å²) in [6.07, 6.45) is 7.01. The van der Waals surface area contributed by atoms with E-state index in [0.29, 0.717) is 0 Å². The maximum atomic E-state index is 6.36. The van der Waals surface area contributed by atoms with Crippen molar-refractivity contribution in [1.82, 2.24) is 0 Å². The lowest BCUT2D eigenvalue weighted by atomic mass is 9.82. The normalized spacial score (nSPS) is 31.9. The average Bonchev–Trinajstić information content (AvgIpc) is 2.84. The molecule has 4 atom stereocenters. The summed E-state index contributed by atoms with van der Waals surface area (Å²) in [4.78, 5) is 0. The Hall–Kier alpha value is -1.27. The van der Waals surface area contributed by atoms with Crippen molar-refractivity contribution in [2.45, 2.75) is 43.9 Å². The average molecular weight is 309 g/mol. The van der Waals surface area contributed by atoms with Crippen LogP contribution in [-0.2, 0) is 0 Å². The van der Waals surface area contributed by atoms with Crippen LogP contribution in [0.4, 0.5) is 0 Å². The minimum Gasteiger partial charge on any atom is -0.0843 e. The van der Waals surface area contributed by atoms with Gasteiger partial charge in [-0.2, -0.15) is 0 Å². The van der Waals surface area contributed by atoms with E-state index < -0.39 is 0 Å². The molecule has 2 saturated carbocycles. The van der Waals surface area contributed by atoms with E-state index in [2.05, 4.69) is 42.5 Å². The highest BCUT2D eigenvalue weighted by atomic mass is 35.5. The monoisotopic (exact) mass is 308 g/mol. The van der Waals surface area contributed by atoms with Crippen LogP contribution in [0.15, 0.2) is 42.5 Å². The standard InChI is InChI=1S/C21H21Cl/c22-16-7-8-17-14-5-6-15-10-13(9-14)11-20(15)18-3-1-2-4-19(18)21(17)12-16/h1-4,7-8,12-15,20H,5-6,9-11H2. The molecule has 0 saturated heterocycles. The van der Waals surface area contributed by atoms with Gasteiger partial charge >= 0.3 is 0 Å². The molecule has 0 N–H and O–H groups in total. The summed E-state index contributed by atoms with van der Waals surface area (Å²) < 4.78 is 0. The number of rotatable bonds is 0. The van der Waals surface area contributed by atoms with E-state index in [-0.39, 0.29) is 0 Å². The van der Waals surface area contributed by atoms with Crippen molar-refractivity contribution < 1.29 is 0 Å². The number of hydrogen-bond acceptors (Lipinski definition) is 0. The minimum atomic E-state index is 0.731. The second-order valence-electron chi connectivity index (χ2n) is 7.53. The lowest BCUT2D eigenvalue weighted by Gasteiger charge is -2.23. The van der Waals surface area contributed by atoms with Crippen LogP contribution in [0, 0.1) is 11.8 Å². The van der Waals surface area contributed by atoms with Gasteiger partial charge < -0.3 is 0 Å². The first-order chi connectivity index (χ1) is 10.8. The van der Waals surface area contributed by atoms with Crippen molar-refractivity contribution in [3.63, 3.8) is 0 Å². The Morgan fingerprint density at radius 2 is 1.73 bits per heavy atom. The van der Waals surface area contributed by atoms with Crippen molar-refractivity contribution in [3.8, 4) is 11.1 Å². The zero-order valence-corrected chi connectivity index (χ0v) is 13.5. The summed E-state index contributed by atoms with van der Waals surface area (Å²) in [6, 6.07) is 15.7. The van der Waals surface area contributed by atoms with Crippen LogP contribution in [0.3, 0.4) is 0 Å². The molecule has 6 rings (SSSR count). The Kier molecular flexibility index (Phi) is 2.92. The minimum absolute atomic E-state index is 0.731. The molecule has 4 aliphatic rings. The van der Waals surface area contributed by atoms with Crippen LogP contribution >= 0.6 is 11.6 Å². The van der Waals surface area contributed by atoms with Crippen molar-refractivity contribution in [1.29, 1.82) is 0 Å². The molecular weight excluding hydrogens is 288 g/mol. The van der Waals surface area contributed by atoms with Gasteiger partial charge in [0, 0.05) is 5.02 Å². The molecule has 1 heteroatoms. The lowest BCUT2D eigenvalue weighted by molar-refractivity contribution is 0.407. The fourth-order valence-electron chi connectivity index (χ4n) is 5.53. The third kappa shape index (κ3) is 1.90. The first kappa shape index (κ1) is 13.2. The molecule has 0 spiro atoms. The van der Waals surface area contributed by atoms with Crippen molar-refractivity contribution in [3.05, 3.63) is 58.6 Å². The van der Waals surface area contributed by atoms with Gasteiger partial charge in [0.15, 0.2) is 0 Å². The topological polar surface area (TPSA) is 0 Å². The highest BCUT2D eigenvalue weighted by molar-refractivity contribution is 6.30. The predicted octanol–water partition coefficient (Wildman–Crippen LogP) is 6.40. The first-order valence-electron chi connectivity index (χ1n) is 8.68. The Morgan fingerprint density at radius 3 is 2.68 bits per heavy atom. The number of halogens is 1. The van der Waals surface area contributed by atoms with E-state index in [1.54, 1.807) is 11.1 Å². The molecule has 2 aromatic carbocycles. The maximum absolute atomic E-state index is 6.36. The van der Waals surface area contributed by atoms with Crippen molar-refractivity contribution in [2.24, 2.45) is 11.8 Å². The molecule has 22 heavy (non-hydrogen) atoms. The molecule has 0 aliphatic heterocycles. The molecule has 0 heterocycles. The second-order valence-corrected chi connectivity index (χ2v) is 7.97. The van der Waals surface area contributed by atoms with Crippen LogP contribution < -0.4 is 0 Å². The Morgan fingerprint density at radius 1 is 0.818 bits per heavy atom. The number of fused-ring (bicyclic) bond motifs is 1. The number of hydrogen-bond donors (Lipinski definition) is 0. The summed E-state index contributed by atoms with van der Waals surface area (Å²) >= 11 is 6.36. The number of benzene rings is 2. The third-order valence-corrected chi connectivity index (χ3v) is 6.64. The van der Waals surface area contributed by atoms with Crippen LogP contribution in [0.25, 0.3) is 11.1 Å². The molecule has 4 bridgehead atoms. The van der Waals surface area contributed by atoms with E-state index in [1.165, 1.54) is 43.2 Å². The smallest absolute Gasteiger partial charge is 0.0412 e. The zero-order valence-electron chi connectivity index (χ0n) is 12.8. The van der Waals surface area contributed by atoms with Gasteiger partial charge in [0.05, 0.1) is 0 Å². The quantitative estimate of drug-likeness (QED) is 0.528. The van der Waals surface area contributed by atoms with Gasteiger partial charge in [-0.25, -0.2) is 0 Å². The molecular formula is C21H21Cl. The van der Waals surface area contributed by atoms with E-state index in [9.17, 15) is 0 Å².